The van der Waals surface area contributed by atoms with E-state index in [4.69, 9.17) is 5.48 Å². The second-order valence-corrected chi connectivity index (χ2v) is 18.4. The number of halogens is 2. The van der Waals surface area contributed by atoms with Gasteiger partial charge in [-0.1, -0.05) is 123 Å². The first kappa shape index (κ1) is 46.5. The first-order chi connectivity index (χ1) is 33.0. The summed E-state index contributed by atoms with van der Waals surface area (Å²) in [7, 11) is 0. The van der Waals surface area contributed by atoms with Crippen LogP contribution in [0.3, 0.4) is 0 Å². The number of allylic oxidation sites excluding steroid dienone is 2. The largest absolute Gasteiger partial charge is 0.512 e. The van der Waals surface area contributed by atoms with Crippen LogP contribution in [0.1, 0.15) is 161 Å². The maximum atomic E-state index is 12.2. The van der Waals surface area contributed by atoms with E-state index < -0.39 is 18.8 Å². The summed E-state index contributed by atoms with van der Waals surface area (Å²) in [6, 6.07) is 28.4. The molecule has 66 heavy (non-hydrogen) atoms. The molecule has 2 aromatic heterocycles. The molecule has 1 unspecified atom stereocenters. The van der Waals surface area contributed by atoms with Gasteiger partial charge in [0.05, 0.1) is 11.2 Å². The van der Waals surface area contributed by atoms with Gasteiger partial charge in [0.25, 0.3) is 0 Å². The Morgan fingerprint density at radius 2 is 1.11 bits per heavy atom. The number of aryl methyl sites for hydroxylation is 4. The van der Waals surface area contributed by atoms with Crippen molar-refractivity contribution in [3.8, 4) is 22.5 Å². The molecule has 0 saturated heterocycles. The SMILES string of the molecule is CCC(CC)C(=O)/C=C(\O)C(CC)CC(F)F.[2H]c1nc(-c2[c-]c(C)cc(C)c2)c2ccc(C3CCCCC3)cc2c1[2H].[2H]c1nc(-c2[c-]c(C)cc(C)c2)c2ccc(C3CCCCC3)cc2c1[2H].[Ir]. The Morgan fingerprint density at radius 1 is 0.682 bits per heavy atom. The quantitative estimate of drug-likeness (QED) is 0.0754. The number of benzene rings is 4. The van der Waals surface area contributed by atoms with Gasteiger partial charge in [0.1, 0.15) is 0 Å². The summed E-state index contributed by atoms with van der Waals surface area (Å²) in [6.45, 7) is 13.7. The molecule has 6 aromatic rings. The van der Waals surface area contributed by atoms with Crippen LogP contribution in [0.15, 0.2) is 96.9 Å². The van der Waals surface area contributed by atoms with Crippen LogP contribution in [0.2, 0.25) is 0 Å². The van der Waals surface area contributed by atoms with Gasteiger partial charge in [-0.3, -0.25) is 4.79 Å². The zero-order valence-corrected chi connectivity index (χ0v) is 42.4. The Bertz CT molecular complexity index is 2560. The van der Waals surface area contributed by atoms with E-state index in [0.717, 1.165) is 72.4 Å². The number of hydrogen-bond acceptors (Lipinski definition) is 4. The second-order valence-electron chi connectivity index (χ2n) is 18.4. The molecule has 0 amide bonds. The van der Waals surface area contributed by atoms with Crippen LogP contribution in [0, 0.1) is 51.7 Å². The number of pyridine rings is 2. The van der Waals surface area contributed by atoms with E-state index in [1.165, 1.54) is 75.3 Å². The summed E-state index contributed by atoms with van der Waals surface area (Å²) >= 11 is 0. The fourth-order valence-corrected chi connectivity index (χ4v) is 9.77. The van der Waals surface area contributed by atoms with Gasteiger partial charge in [-0.05, 0) is 113 Å². The van der Waals surface area contributed by atoms with Crippen LogP contribution in [-0.4, -0.2) is 27.3 Å². The number of fused-ring (bicyclic) bond motifs is 2. The number of rotatable bonds is 12. The molecule has 2 aliphatic carbocycles. The molecule has 4 aromatic carbocycles. The first-order valence-corrected chi connectivity index (χ1v) is 24.1. The third kappa shape index (κ3) is 14.2. The molecular weight excluding hydrogens is 999 g/mol. The molecule has 0 aliphatic heterocycles. The van der Waals surface area contributed by atoms with E-state index in [-0.39, 0.29) is 62.0 Å². The van der Waals surface area contributed by atoms with Crippen LogP contribution < -0.4 is 0 Å². The summed E-state index contributed by atoms with van der Waals surface area (Å²) in [4.78, 5) is 20.6. The maximum Gasteiger partial charge on any atom is 0.239 e. The second kappa shape index (κ2) is 25.5. The summed E-state index contributed by atoms with van der Waals surface area (Å²) in [5.74, 6) is 0.0664. The summed E-state index contributed by atoms with van der Waals surface area (Å²) < 4.78 is 57.6. The molecular formula is C59H70F2IrN2O2-2. The van der Waals surface area contributed by atoms with Crippen LogP contribution in [0.5, 0.6) is 0 Å². The van der Waals surface area contributed by atoms with E-state index in [1.807, 2.05) is 27.7 Å². The van der Waals surface area contributed by atoms with Crippen molar-refractivity contribution in [2.45, 2.75) is 157 Å². The first-order valence-electron chi connectivity index (χ1n) is 26.1. The molecule has 7 heteroatoms. The van der Waals surface area contributed by atoms with Crippen molar-refractivity contribution in [1.82, 2.24) is 9.97 Å². The Hall–Kier alpha value is -4.58. The Morgan fingerprint density at radius 3 is 1.48 bits per heavy atom. The molecule has 2 heterocycles. The van der Waals surface area contributed by atoms with Crippen LogP contribution in [0.25, 0.3) is 44.1 Å². The minimum atomic E-state index is -2.46. The molecule has 2 saturated carbocycles. The number of aromatic nitrogens is 2. The number of carbonyl (C=O) groups excluding carboxylic acids is 1. The van der Waals surface area contributed by atoms with E-state index in [9.17, 15) is 18.7 Å². The molecule has 353 valence electrons. The van der Waals surface area contributed by atoms with Crippen LogP contribution in [-0.2, 0) is 24.9 Å². The van der Waals surface area contributed by atoms with E-state index in [0.29, 0.717) is 31.1 Å². The zero-order valence-electron chi connectivity index (χ0n) is 44.0. The average molecular weight is 1070 g/mol. The smallest absolute Gasteiger partial charge is 0.239 e. The van der Waals surface area contributed by atoms with Crippen molar-refractivity contribution in [3.05, 3.63) is 142 Å². The number of ketones is 1. The number of nitrogens with zero attached hydrogens (tertiary/aromatic N) is 2. The van der Waals surface area contributed by atoms with Gasteiger partial charge in [0.2, 0.25) is 6.43 Å². The number of alkyl halides is 2. The van der Waals surface area contributed by atoms with Crippen molar-refractivity contribution in [2.24, 2.45) is 11.8 Å². The standard InChI is InChI=1S/2C23H24N.C13H22F2O2.Ir/c2*1-16-12-17(2)14-21(13-16)23-22-9-8-19(15-20(22)10-11-24-23)18-6-4-3-5-7-18;1-4-9(5-2)11(16)8-12(17)10(6-3)7-13(14)15;/h2*8-13,15,18H,3-7H2,1-2H3;8-10,13,17H,4-7H2,1-3H3;/q2*-1;;/b;;12-8-;/i2*10D,11D;;. The maximum absolute atomic E-state index is 12.2. The molecule has 8 rings (SSSR count). The average Bonchev–Trinajstić information content (AvgIpc) is 3.33. The minimum Gasteiger partial charge on any atom is -0.512 e. The molecule has 4 nitrogen and oxygen atoms in total. The Kier molecular flexibility index (Phi) is 18.0. The molecule has 1 N–H and O–H groups in total. The van der Waals surface area contributed by atoms with E-state index in [2.05, 4.69) is 96.6 Å². The van der Waals surface area contributed by atoms with E-state index >= 15 is 0 Å². The van der Waals surface area contributed by atoms with Crippen LogP contribution >= 0.6 is 0 Å². The van der Waals surface area contributed by atoms with Gasteiger partial charge in [0, 0.05) is 56.8 Å². The predicted octanol–water partition coefficient (Wildman–Crippen LogP) is 16.8. The van der Waals surface area contributed by atoms with Gasteiger partial charge in [-0.15, -0.1) is 69.8 Å². The molecule has 2 fully saturated rings. The van der Waals surface area contributed by atoms with Gasteiger partial charge in [0.15, 0.2) is 5.78 Å². The normalized spacial score (nSPS) is 16.0. The molecule has 0 spiro atoms. The van der Waals surface area contributed by atoms with Gasteiger partial charge in [-0.25, -0.2) is 8.78 Å². The van der Waals surface area contributed by atoms with Gasteiger partial charge < -0.3 is 15.1 Å². The Labute approximate surface area is 413 Å². The number of aliphatic hydroxyl groups excluding tert-OH is 1. The van der Waals surface area contributed by atoms with Gasteiger partial charge in [-0.2, -0.15) is 0 Å². The molecule has 1 atom stereocenters. The zero-order chi connectivity index (χ0) is 49.9. The van der Waals surface area contributed by atoms with Crippen molar-refractivity contribution in [3.63, 3.8) is 0 Å². The summed E-state index contributed by atoms with van der Waals surface area (Å²) in [5, 5.41) is 13.3. The van der Waals surface area contributed by atoms with Crippen molar-refractivity contribution in [1.29, 1.82) is 0 Å². The van der Waals surface area contributed by atoms with E-state index in [1.54, 1.807) is 6.92 Å². The van der Waals surface area contributed by atoms with Crippen molar-refractivity contribution in [2.75, 3.05) is 0 Å². The number of aliphatic hydroxyl groups is 1. The number of carbonyl (C=O) groups is 1. The molecule has 0 bridgehead atoms. The minimum absolute atomic E-state index is 0. The van der Waals surface area contributed by atoms with Crippen molar-refractivity contribution < 1.29 is 44.3 Å². The molecule has 1 radical (unpaired) electrons. The number of hydrogen-bond donors (Lipinski definition) is 1. The van der Waals surface area contributed by atoms with Crippen molar-refractivity contribution >= 4 is 27.3 Å². The summed E-state index contributed by atoms with van der Waals surface area (Å²) in [5.41, 5.74) is 10.4. The topological polar surface area (TPSA) is 63.1 Å². The summed E-state index contributed by atoms with van der Waals surface area (Å²) in [6.07, 6.45) is 12.9. The third-order valence-corrected chi connectivity index (χ3v) is 13.3. The molecule has 2 aliphatic rings. The fourth-order valence-electron chi connectivity index (χ4n) is 9.77. The van der Waals surface area contributed by atoms with Gasteiger partial charge >= 0.3 is 0 Å². The Balaban J connectivity index is 0.000000200. The fraction of sp³-hybridized carbons (Fsp3) is 0.441. The monoisotopic (exact) mass is 1070 g/mol. The predicted molar refractivity (Wildman–Crippen MR) is 267 cm³/mol. The van der Waals surface area contributed by atoms with Crippen LogP contribution in [0.4, 0.5) is 8.78 Å². The third-order valence-electron chi connectivity index (χ3n) is 13.3.